The summed E-state index contributed by atoms with van der Waals surface area (Å²) >= 11 is 0. The first-order chi connectivity index (χ1) is 9.85. The summed E-state index contributed by atoms with van der Waals surface area (Å²) in [5, 5.41) is 8.73. The van der Waals surface area contributed by atoms with E-state index >= 15 is 0 Å². The van der Waals surface area contributed by atoms with E-state index in [2.05, 4.69) is 0 Å². The summed E-state index contributed by atoms with van der Waals surface area (Å²) in [6.07, 6.45) is -0.190. The van der Waals surface area contributed by atoms with Gasteiger partial charge in [-0.25, -0.2) is 8.78 Å². The van der Waals surface area contributed by atoms with E-state index in [-0.39, 0.29) is 12.2 Å². The Labute approximate surface area is 121 Å². The SMILES string of the molecule is CCN(C(=O)COc1ccc(F)cc1F)C(C)CC(=O)O. The Bertz CT molecular complexity index is 522. The maximum absolute atomic E-state index is 13.3. The third-order valence-corrected chi connectivity index (χ3v) is 2.91. The molecule has 1 rings (SSSR count). The molecule has 5 nitrogen and oxygen atoms in total. The largest absolute Gasteiger partial charge is 0.481 e. The smallest absolute Gasteiger partial charge is 0.305 e. The van der Waals surface area contributed by atoms with Crippen LogP contribution in [0.4, 0.5) is 8.78 Å². The van der Waals surface area contributed by atoms with Crippen molar-refractivity contribution >= 4 is 11.9 Å². The van der Waals surface area contributed by atoms with E-state index in [1.54, 1.807) is 13.8 Å². The van der Waals surface area contributed by atoms with Crippen molar-refractivity contribution < 1.29 is 28.2 Å². The van der Waals surface area contributed by atoms with Gasteiger partial charge < -0.3 is 14.7 Å². The van der Waals surface area contributed by atoms with E-state index in [0.717, 1.165) is 12.1 Å². The number of rotatable bonds is 7. The summed E-state index contributed by atoms with van der Waals surface area (Å²) in [6.45, 7) is 3.17. The monoisotopic (exact) mass is 301 g/mol. The number of carboxylic acid groups (broad SMARTS) is 1. The Hall–Kier alpha value is -2.18. The number of halogens is 2. The van der Waals surface area contributed by atoms with E-state index in [4.69, 9.17) is 9.84 Å². The molecule has 1 N–H and O–H groups in total. The highest BCUT2D eigenvalue weighted by atomic mass is 19.1. The zero-order valence-corrected chi connectivity index (χ0v) is 11.8. The van der Waals surface area contributed by atoms with Gasteiger partial charge in [-0.2, -0.15) is 0 Å². The maximum Gasteiger partial charge on any atom is 0.305 e. The number of likely N-dealkylation sites (N-methyl/N-ethyl adjacent to an activating group) is 1. The van der Waals surface area contributed by atoms with Gasteiger partial charge in [-0.15, -0.1) is 0 Å². The predicted octanol–water partition coefficient (Wildman–Crippen LogP) is 2.06. The number of carboxylic acids is 1. The predicted molar refractivity (Wildman–Crippen MR) is 71.0 cm³/mol. The molecule has 7 heteroatoms. The van der Waals surface area contributed by atoms with Crippen LogP contribution in [0.15, 0.2) is 18.2 Å². The Balaban J connectivity index is 2.64. The van der Waals surface area contributed by atoms with Crippen molar-refractivity contribution in [3.63, 3.8) is 0 Å². The second-order valence-electron chi connectivity index (χ2n) is 4.49. The Kier molecular flexibility index (Phi) is 6.08. The molecule has 0 saturated heterocycles. The molecular formula is C14H17F2NO4. The van der Waals surface area contributed by atoms with Crippen LogP contribution in [0.3, 0.4) is 0 Å². The standard InChI is InChI=1S/C14H17F2NO4/c1-3-17(9(2)6-14(19)20)13(18)8-21-12-5-4-10(15)7-11(12)16/h4-5,7,9H,3,6,8H2,1-2H3,(H,19,20). The van der Waals surface area contributed by atoms with Gasteiger partial charge in [-0.3, -0.25) is 9.59 Å². The number of benzene rings is 1. The first-order valence-electron chi connectivity index (χ1n) is 6.44. The van der Waals surface area contributed by atoms with Gasteiger partial charge >= 0.3 is 5.97 Å². The topological polar surface area (TPSA) is 66.8 Å². The van der Waals surface area contributed by atoms with Crippen LogP contribution in [0, 0.1) is 11.6 Å². The fourth-order valence-corrected chi connectivity index (χ4v) is 1.91. The van der Waals surface area contributed by atoms with Crippen molar-refractivity contribution in [1.82, 2.24) is 4.90 Å². The van der Waals surface area contributed by atoms with Gasteiger partial charge in [0.25, 0.3) is 5.91 Å². The summed E-state index contributed by atoms with van der Waals surface area (Å²) in [5.74, 6) is -3.35. The maximum atomic E-state index is 13.3. The van der Waals surface area contributed by atoms with E-state index in [1.165, 1.54) is 4.90 Å². The van der Waals surface area contributed by atoms with E-state index in [1.807, 2.05) is 0 Å². The van der Waals surface area contributed by atoms with Gasteiger partial charge in [-0.05, 0) is 26.0 Å². The van der Waals surface area contributed by atoms with Crippen molar-refractivity contribution in [3.8, 4) is 5.75 Å². The zero-order chi connectivity index (χ0) is 16.0. The molecule has 0 bridgehead atoms. The average molecular weight is 301 g/mol. The molecule has 116 valence electrons. The highest BCUT2D eigenvalue weighted by molar-refractivity contribution is 5.79. The Morgan fingerprint density at radius 1 is 1.38 bits per heavy atom. The summed E-state index contributed by atoms with van der Waals surface area (Å²) in [4.78, 5) is 23.9. The molecular weight excluding hydrogens is 284 g/mol. The third kappa shape index (κ3) is 5.02. The molecule has 1 unspecified atom stereocenters. The molecule has 0 heterocycles. The summed E-state index contributed by atoms with van der Waals surface area (Å²) in [7, 11) is 0. The van der Waals surface area contributed by atoms with Gasteiger partial charge in [0.2, 0.25) is 0 Å². The fraction of sp³-hybridized carbons (Fsp3) is 0.429. The summed E-state index contributed by atoms with van der Waals surface area (Å²) in [6, 6.07) is 2.27. The molecule has 0 fully saturated rings. The fourth-order valence-electron chi connectivity index (χ4n) is 1.91. The second-order valence-corrected chi connectivity index (χ2v) is 4.49. The van der Waals surface area contributed by atoms with Crippen molar-refractivity contribution in [1.29, 1.82) is 0 Å². The van der Waals surface area contributed by atoms with Crippen molar-refractivity contribution in [3.05, 3.63) is 29.8 Å². The van der Waals surface area contributed by atoms with Crippen molar-refractivity contribution in [2.45, 2.75) is 26.3 Å². The normalized spacial score (nSPS) is 11.8. The highest BCUT2D eigenvalue weighted by Crippen LogP contribution is 2.17. The molecule has 0 saturated carbocycles. The van der Waals surface area contributed by atoms with Gasteiger partial charge in [-0.1, -0.05) is 0 Å². The molecule has 0 aliphatic rings. The number of hydrogen-bond acceptors (Lipinski definition) is 3. The molecule has 0 aromatic heterocycles. The number of nitrogens with zero attached hydrogens (tertiary/aromatic N) is 1. The second kappa shape index (κ2) is 7.56. The minimum Gasteiger partial charge on any atom is -0.481 e. The lowest BCUT2D eigenvalue weighted by atomic mass is 10.2. The van der Waals surface area contributed by atoms with Crippen LogP contribution < -0.4 is 4.74 Å². The van der Waals surface area contributed by atoms with Crippen LogP contribution in [0.1, 0.15) is 20.3 Å². The number of carbonyl (C=O) groups excluding carboxylic acids is 1. The first-order valence-corrected chi connectivity index (χ1v) is 6.44. The molecule has 0 radical (unpaired) electrons. The number of carbonyl (C=O) groups is 2. The summed E-state index contributed by atoms with van der Waals surface area (Å²) in [5.41, 5.74) is 0. The number of hydrogen-bond donors (Lipinski definition) is 1. The molecule has 0 spiro atoms. The lowest BCUT2D eigenvalue weighted by Gasteiger charge is -2.27. The van der Waals surface area contributed by atoms with Crippen LogP contribution in [-0.2, 0) is 9.59 Å². The highest BCUT2D eigenvalue weighted by Gasteiger charge is 2.21. The van der Waals surface area contributed by atoms with Gasteiger partial charge in [0.15, 0.2) is 18.2 Å². The van der Waals surface area contributed by atoms with Gasteiger partial charge in [0.05, 0.1) is 6.42 Å². The van der Waals surface area contributed by atoms with Crippen LogP contribution in [0.2, 0.25) is 0 Å². The average Bonchev–Trinajstić information content (AvgIpc) is 2.37. The van der Waals surface area contributed by atoms with Crippen LogP contribution in [0.5, 0.6) is 5.75 Å². The molecule has 1 atom stereocenters. The lowest BCUT2D eigenvalue weighted by Crippen LogP contribution is -2.42. The number of ether oxygens (including phenoxy) is 1. The van der Waals surface area contributed by atoms with Crippen molar-refractivity contribution in [2.24, 2.45) is 0 Å². The molecule has 1 aromatic carbocycles. The van der Waals surface area contributed by atoms with Crippen LogP contribution >= 0.6 is 0 Å². The van der Waals surface area contributed by atoms with E-state index < -0.39 is 36.2 Å². The van der Waals surface area contributed by atoms with E-state index in [9.17, 15) is 18.4 Å². The quantitative estimate of drug-likeness (QED) is 0.837. The minimum absolute atomic E-state index is 0.190. The van der Waals surface area contributed by atoms with Gasteiger partial charge in [0.1, 0.15) is 5.82 Å². The Morgan fingerprint density at radius 2 is 2.05 bits per heavy atom. The molecule has 0 aliphatic carbocycles. The van der Waals surface area contributed by atoms with Crippen LogP contribution in [-0.4, -0.2) is 41.1 Å². The number of aliphatic carboxylic acids is 1. The molecule has 1 aromatic rings. The first kappa shape index (κ1) is 16.9. The molecule has 21 heavy (non-hydrogen) atoms. The minimum atomic E-state index is -1.01. The zero-order valence-electron chi connectivity index (χ0n) is 11.8. The summed E-state index contributed by atoms with van der Waals surface area (Å²) < 4.78 is 31.1. The number of amides is 1. The van der Waals surface area contributed by atoms with Crippen LogP contribution in [0.25, 0.3) is 0 Å². The van der Waals surface area contributed by atoms with E-state index in [0.29, 0.717) is 12.6 Å². The lowest BCUT2D eigenvalue weighted by molar-refractivity contribution is -0.141. The Morgan fingerprint density at radius 3 is 2.57 bits per heavy atom. The third-order valence-electron chi connectivity index (χ3n) is 2.91. The van der Waals surface area contributed by atoms with Gasteiger partial charge in [0, 0.05) is 18.7 Å². The molecule has 1 amide bonds. The molecule has 0 aliphatic heterocycles. The van der Waals surface area contributed by atoms with Crippen molar-refractivity contribution in [2.75, 3.05) is 13.2 Å².